The van der Waals surface area contributed by atoms with Crippen LogP contribution in [0.25, 0.3) is 33.2 Å². The zero-order valence-corrected chi connectivity index (χ0v) is 47.7. The molecule has 5 aromatic carbocycles. The number of benzene rings is 5. The number of aromatic nitrogens is 6. The molecule has 27 heteroatoms. The Morgan fingerprint density at radius 1 is 0.566 bits per heavy atom. The van der Waals surface area contributed by atoms with E-state index in [0.29, 0.717) is 39.7 Å². The van der Waals surface area contributed by atoms with Crippen LogP contribution in [0.4, 0.5) is 27.9 Å². The maximum Gasteiger partial charge on any atom is 0.339 e. The molecule has 2 N–H and O–H groups in total. The average molecular weight is 1250 g/mol. The normalized spacial score (nSPS) is 11.0. The standard InChI is InChI=1S/C23H13BrF5NO5S.C22H18BrN3O4S.C4H5N3.2H3P/c1-10-7-15(16(34-2)9-13(10)24)30-14-5-4-12(8-11(14)3-6-17(30)31)36(32,33)35-23-21(28)19(26)18(25)20(27)22(23)29;1-14-10-19(20(30-2)12-17(14)23)26-18-6-5-16(11-15(18)4-7-22(26)27)31(28,29)13-21-24-8-3-9-25-21;5-4-6-2-1-3-7-4;;/h3-9H,1-2H3;3-12H,13H2,1-2H3;1-3H,(H2,5,6,7);2*1H3. The molecule has 0 bridgehead atoms. The number of sulfone groups is 1. The van der Waals surface area contributed by atoms with Crippen LogP contribution in [0.5, 0.6) is 17.2 Å². The SMILES string of the molecule is COc1cc(Br)c(C)cc1-n1c(=O)ccc2cc(S(=O)(=O)Cc3ncccn3)ccc21.COc1cc(Br)c(C)cc1-n1c(=O)ccc2cc(S(=O)(=O)Oc3c(F)c(F)c(F)c(F)c3F)ccc21.Nc1ncccn1.P.P. The van der Waals surface area contributed by atoms with E-state index in [9.17, 15) is 48.4 Å². The number of hydrogen-bond acceptors (Lipinski definition) is 14. The van der Waals surface area contributed by atoms with Crippen molar-refractivity contribution in [1.82, 2.24) is 29.1 Å². The highest BCUT2D eigenvalue weighted by Gasteiger charge is 2.31. The molecule has 0 amide bonds. The van der Waals surface area contributed by atoms with Crippen LogP contribution in [0, 0.1) is 42.9 Å². The maximum absolute atomic E-state index is 14.0. The molecule has 0 aliphatic carbocycles. The molecule has 4 heterocycles. The summed E-state index contributed by atoms with van der Waals surface area (Å²) in [6, 6.07) is 23.7. The summed E-state index contributed by atoms with van der Waals surface area (Å²) >= 11 is 6.85. The number of fused-ring (bicyclic) bond motifs is 2. The van der Waals surface area contributed by atoms with E-state index in [0.717, 1.165) is 38.3 Å². The topological polar surface area (TPSA) is 218 Å². The van der Waals surface area contributed by atoms with Gasteiger partial charge in [0, 0.05) is 56.6 Å². The van der Waals surface area contributed by atoms with Crippen LogP contribution in [0.15, 0.2) is 150 Å². The quantitative estimate of drug-likeness (QED) is 0.0444. The number of nitrogens with zero attached hydrogens (tertiary/aromatic N) is 6. The summed E-state index contributed by atoms with van der Waals surface area (Å²) in [6.45, 7) is 3.70. The Kier molecular flexibility index (Phi) is 19.7. The first kappa shape index (κ1) is 60.1. The highest BCUT2D eigenvalue weighted by atomic mass is 79.9. The van der Waals surface area contributed by atoms with Crippen LogP contribution < -0.4 is 30.5 Å². The highest BCUT2D eigenvalue weighted by Crippen LogP contribution is 2.35. The number of methoxy groups -OCH3 is 2. The molecule has 0 aliphatic rings. The number of aryl methyl sites for hydroxylation is 2. The minimum atomic E-state index is -5.06. The maximum atomic E-state index is 14.0. The van der Waals surface area contributed by atoms with E-state index in [1.165, 1.54) is 60.0 Å². The molecule has 4 aromatic heterocycles. The van der Waals surface area contributed by atoms with Gasteiger partial charge in [0.15, 0.2) is 9.84 Å². The lowest BCUT2D eigenvalue weighted by Gasteiger charge is -2.16. The molecule has 0 saturated heterocycles. The van der Waals surface area contributed by atoms with Crippen molar-refractivity contribution in [2.45, 2.75) is 29.4 Å². The fraction of sp³-hybridized carbons (Fsp3) is 0.102. The molecule has 0 aliphatic heterocycles. The van der Waals surface area contributed by atoms with Crippen molar-refractivity contribution in [2.75, 3.05) is 20.0 Å². The molecule has 0 fully saturated rings. The summed E-state index contributed by atoms with van der Waals surface area (Å²) in [5, 5.41) is 0.789. The Hall–Kier alpha value is -6.75. The Labute approximate surface area is 453 Å². The van der Waals surface area contributed by atoms with Gasteiger partial charge in [-0.2, -0.15) is 37.0 Å². The molecule has 76 heavy (non-hydrogen) atoms. The Balaban J connectivity index is 0.000000244. The van der Waals surface area contributed by atoms with Crippen LogP contribution in [0.3, 0.4) is 0 Å². The molecule has 9 rings (SSSR count). The van der Waals surface area contributed by atoms with Gasteiger partial charge in [-0.3, -0.25) is 18.7 Å². The largest absolute Gasteiger partial charge is 0.495 e. The zero-order valence-electron chi connectivity index (χ0n) is 40.1. The van der Waals surface area contributed by atoms with Gasteiger partial charge in [-0.05, 0) is 110 Å². The lowest BCUT2D eigenvalue weighted by atomic mass is 10.1. The van der Waals surface area contributed by atoms with Gasteiger partial charge >= 0.3 is 10.1 Å². The molecule has 2 atom stereocenters. The third-order valence-electron chi connectivity index (χ3n) is 10.7. The van der Waals surface area contributed by atoms with Crippen LogP contribution in [-0.2, 0) is 25.7 Å². The van der Waals surface area contributed by atoms with E-state index in [1.807, 2.05) is 13.0 Å². The van der Waals surface area contributed by atoms with Gasteiger partial charge in [0.25, 0.3) is 11.1 Å². The summed E-state index contributed by atoms with van der Waals surface area (Å²) in [5.41, 5.74) is 7.84. The van der Waals surface area contributed by atoms with Crippen molar-refractivity contribution >= 4 is 99.4 Å². The lowest BCUT2D eigenvalue weighted by Crippen LogP contribution is -2.19. The fourth-order valence-corrected chi connectivity index (χ4v) is 9.90. The summed E-state index contributed by atoms with van der Waals surface area (Å²) < 4.78 is 139. The predicted octanol–water partition coefficient (Wildman–Crippen LogP) is 9.54. The van der Waals surface area contributed by atoms with E-state index in [2.05, 4.69) is 56.0 Å². The van der Waals surface area contributed by atoms with Crippen molar-refractivity contribution in [3.63, 3.8) is 0 Å². The molecular weight excluding hydrogens is 1210 g/mol. The van der Waals surface area contributed by atoms with Crippen molar-refractivity contribution in [1.29, 1.82) is 0 Å². The molecule has 2 unspecified atom stereocenters. The van der Waals surface area contributed by atoms with Crippen molar-refractivity contribution < 1.29 is 52.4 Å². The lowest BCUT2D eigenvalue weighted by molar-refractivity contribution is 0.346. The summed E-state index contributed by atoms with van der Waals surface area (Å²) in [5.74, 6) is -12.9. The molecule has 0 spiro atoms. The number of nitrogens with two attached hydrogens (primary N) is 1. The van der Waals surface area contributed by atoms with Gasteiger partial charge in [0.05, 0.1) is 41.5 Å². The third kappa shape index (κ3) is 12.9. The number of nitrogen functional groups attached to an aromatic ring is 1. The third-order valence-corrected chi connectivity index (χ3v) is 15.2. The second-order valence-electron chi connectivity index (χ2n) is 15.5. The van der Waals surface area contributed by atoms with Crippen LogP contribution in [0.1, 0.15) is 17.0 Å². The number of anilines is 1. The van der Waals surface area contributed by atoms with Gasteiger partial charge in [0.1, 0.15) is 28.0 Å². The van der Waals surface area contributed by atoms with Crippen LogP contribution in [-0.4, -0.2) is 60.1 Å². The first-order valence-electron chi connectivity index (χ1n) is 21.0. The zero-order chi connectivity index (χ0) is 53.8. The first-order valence-corrected chi connectivity index (χ1v) is 25.7. The van der Waals surface area contributed by atoms with Crippen LogP contribution >= 0.6 is 51.7 Å². The number of hydrogen-bond donors (Lipinski definition) is 1. The van der Waals surface area contributed by atoms with Crippen molar-refractivity contribution in [3.8, 4) is 28.6 Å². The van der Waals surface area contributed by atoms with E-state index < -0.39 is 65.2 Å². The predicted molar refractivity (Wildman–Crippen MR) is 293 cm³/mol. The minimum Gasteiger partial charge on any atom is -0.495 e. The Bertz CT molecular complexity index is 3980. The average Bonchev–Trinajstić information content (AvgIpc) is 3.38. The van der Waals surface area contributed by atoms with Crippen molar-refractivity contribution in [3.05, 3.63) is 198 Å². The number of pyridine rings is 2. The Morgan fingerprint density at radius 2 is 0.974 bits per heavy atom. The highest BCUT2D eigenvalue weighted by molar-refractivity contribution is 9.10. The Morgan fingerprint density at radius 3 is 1.39 bits per heavy atom. The van der Waals surface area contributed by atoms with Gasteiger partial charge < -0.3 is 19.4 Å². The molecule has 398 valence electrons. The first-order chi connectivity index (χ1) is 35.1. The number of rotatable bonds is 10. The van der Waals surface area contributed by atoms with Gasteiger partial charge in [-0.15, -0.1) is 0 Å². The smallest absolute Gasteiger partial charge is 0.339 e. The van der Waals surface area contributed by atoms with Crippen molar-refractivity contribution in [2.24, 2.45) is 0 Å². The monoisotopic (exact) mass is 1250 g/mol. The van der Waals surface area contributed by atoms with Gasteiger partial charge in [0.2, 0.25) is 40.8 Å². The molecular formula is C49H42Br2F5N7O9P2S2. The van der Waals surface area contributed by atoms with E-state index in [-0.39, 0.29) is 52.7 Å². The molecule has 0 saturated carbocycles. The summed E-state index contributed by atoms with van der Waals surface area (Å²) in [4.78, 5) is 40.3. The second-order valence-corrected chi connectivity index (χ2v) is 20.7. The minimum absolute atomic E-state index is 0. The van der Waals surface area contributed by atoms with Crippen LogP contribution in [0.2, 0.25) is 0 Å². The molecule has 16 nitrogen and oxygen atoms in total. The van der Waals surface area contributed by atoms with Gasteiger partial charge in [-0.25, -0.2) is 41.5 Å². The van der Waals surface area contributed by atoms with E-state index in [4.69, 9.17) is 15.2 Å². The number of ether oxygens (including phenoxy) is 2. The molecule has 0 radical (unpaired) electrons. The summed E-state index contributed by atoms with van der Waals surface area (Å²) in [7, 11) is -5.79. The second kappa shape index (κ2) is 24.9. The van der Waals surface area contributed by atoms with Gasteiger partial charge in [-0.1, -0.05) is 31.9 Å². The summed E-state index contributed by atoms with van der Waals surface area (Å²) in [6.07, 6.45) is 6.21. The molecule has 9 aromatic rings. The van der Waals surface area contributed by atoms with E-state index >= 15 is 0 Å². The van der Waals surface area contributed by atoms with E-state index in [1.54, 1.807) is 67.8 Å². The fourth-order valence-electron chi connectivity index (χ4n) is 7.05. The number of halogens is 7.